The molecule has 1 aromatic rings. The molecule has 0 fully saturated rings. The highest BCUT2D eigenvalue weighted by Crippen LogP contribution is 1.89. The third kappa shape index (κ3) is 5.48. The van der Waals surface area contributed by atoms with Crippen molar-refractivity contribution in [3.05, 3.63) is 12.2 Å². The fourth-order valence-corrected chi connectivity index (χ4v) is 1.09. The van der Waals surface area contributed by atoms with Crippen molar-refractivity contribution in [2.24, 2.45) is 7.05 Å². The molecule has 0 unspecified atom stereocenters. The summed E-state index contributed by atoms with van der Waals surface area (Å²) in [6.07, 6.45) is 1.49. The molecular formula is C9H14N6O4. The number of aliphatic carboxylic acids is 1. The lowest BCUT2D eigenvalue weighted by atomic mass is 10.5. The van der Waals surface area contributed by atoms with E-state index in [0.29, 0.717) is 5.82 Å². The minimum Gasteiger partial charge on any atom is -0.480 e. The Labute approximate surface area is 108 Å². The molecule has 1 rings (SSSR count). The quantitative estimate of drug-likeness (QED) is 0.463. The van der Waals surface area contributed by atoms with E-state index in [2.05, 4.69) is 26.1 Å². The van der Waals surface area contributed by atoms with Crippen LogP contribution in [0.2, 0.25) is 0 Å². The molecule has 0 aliphatic rings. The number of aromatic nitrogens is 3. The van der Waals surface area contributed by atoms with Gasteiger partial charge in [0, 0.05) is 7.05 Å². The van der Waals surface area contributed by atoms with Gasteiger partial charge in [-0.1, -0.05) is 0 Å². The predicted molar refractivity (Wildman–Crippen MR) is 61.9 cm³/mol. The first-order valence-electron chi connectivity index (χ1n) is 5.32. The Morgan fingerprint density at radius 3 is 2.58 bits per heavy atom. The van der Waals surface area contributed by atoms with Crippen LogP contribution < -0.4 is 16.0 Å². The molecule has 0 saturated heterocycles. The van der Waals surface area contributed by atoms with Crippen molar-refractivity contribution < 1.29 is 19.5 Å². The molecule has 0 aromatic carbocycles. The summed E-state index contributed by atoms with van der Waals surface area (Å²) in [7, 11) is 1.73. The van der Waals surface area contributed by atoms with Gasteiger partial charge in [-0.2, -0.15) is 0 Å². The molecule has 19 heavy (non-hydrogen) atoms. The summed E-state index contributed by atoms with van der Waals surface area (Å²) in [5.74, 6) is -1.18. The van der Waals surface area contributed by atoms with Crippen LogP contribution >= 0.6 is 0 Å². The molecule has 0 radical (unpaired) electrons. The van der Waals surface area contributed by atoms with Crippen LogP contribution in [0.3, 0.4) is 0 Å². The number of hydrogen-bond acceptors (Lipinski definition) is 5. The van der Waals surface area contributed by atoms with Gasteiger partial charge in [-0.25, -0.2) is 4.79 Å². The zero-order valence-corrected chi connectivity index (χ0v) is 10.2. The van der Waals surface area contributed by atoms with E-state index < -0.39 is 24.5 Å². The number of rotatable bonds is 6. The maximum atomic E-state index is 11.3. The summed E-state index contributed by atoms with van der Waals surface area (Å²) in [6.45, 7) is -0.627. The minimum absolute atomic E-state index is 0.166. The summed E-state index contributed by atoms with van der Waals surface area (Å²) in [6, 6.07) is -0.562. The fourth-order valence-electron chi connectivity index (χ4n) is 1.09. The van der Waals surface area contributed by atoms with E-state index in [1.807, 2.05) is 0 Å². The predicted octanol–water partition coefficient (Wildman–Crippen LogP) is -2.18. The van der Waals surface area contributed by atoms with Crippen LogP contribution in [0, 0.1) is 0 Å². The molecule has 0 aliphatic heterocycles. The standard InChI is InChI=1S/C9H14N6O4/c1-15-5-13-14-6(15)2-11-9(19)12-3-7(16)10-4-8(17)18/h5H,2-4H2,1H3,(H,10,16)(H,17,18)(H2,11,12,19). The monoisotopic (exact) mass is 270 g/mol. The van der Waals surface area contributed by atoms with Crippen LogP contribution in [0.25, 0.3) is 0 Å². The molecule has 104 valence electrons. The van der Waals surface area contributed by atoms with Gasteiger partial charge < -0.3 is 25.6 Å². The van der Waals surface area contributed by atoms with Gasteiger partial charge in [-0.15, -0.1) is 10.2 Å². The lowest BCUT2D eigenvalue weighted by molar-refractivity contribution is -0.137. The first-order chi connectivity index (χ1) is 8.99. The number of carboxylic acid groups (broad SMARTS) is 1. The summed E-state index contributed by atoms with van der Waals surface area (Å²) in [5.41, 5.74) is 0. The van der Waals surface area contributed by atoms with E-state index in [0.717, 1.165) is 0 Å². The molecule has 0 aliphatic carbocycles. The Morgan fingerprint density at radius 1 is 1.26 bits per heavy atom. The number of carbonyl (C=O) groups is 3. The van der Waals surface area contributed by atoms with E-state index in [-0.39, 0.29) is 13.1 Å². The highest BCUT2D eigenvalue weighted by Gasteiger charge is 2.07. The summed E-state index contributed by atoms with van der Waals surface area (Å²) in [4.78, 5) is 32.6. The van der Waals surface area contributed by atoms with Crippen molar-refractivity contribution in [3.63, 3.8) is 0 Å². The molecule has 1 heterocycles. The average molecular weight is 270 g/mol. The van der Waals surface area contributed by atoms with Crippen molar-refractivity contribution in [3.8, 4) is 0 Å². The van der Waals surface area contributed by atoms with Gasteiger partial charge >= 0.3 is 12.0 Å². The molecule has 3 amide bonds. The molecule has 0 bridgehead atoms. The number of amides is 3. The lowest BCUT2D eigenvalue weighted by Crippen LogP contribution is -2.43. The molecule has 0 atom stereocenters. The van der Waals surface area contributed by atoms with Crippen molar-refractivity contribution >= 4 is 17.9 Å². The number of nitrogens with zero attached hydrogens (tertiary/aromatic N) is 3. The minimum atomic E-state index is -1.15. The van der Waals surface area contributed by atoms with E-state index in [9.17, 15) is 14.4 Å². The highest BCUT2D eigenvalue weighted by atomic mass is 16.4. The molecule has 10 nitrogen and oxygen atoms in total. The van der Waals surface area contributed by atoms with Gasteiger partial charge in [0.05, 0.1) is 13.1 Å². The van der Waals surface area contributed by atoms with Crippen LogP contribution in [0.1, 0.15) is 5.82 Å². The SMILES string of the molecule is Cn1cnnc1CNC(=O)NCC(=O)NCC(=O)O. The Hall–Kier alpha value is -2.65. The second-order valence-corrected chi connectivity index (χ2v) is 3.56. The Balaban J connectivity index is 2.19. The molecular weight excluding hydrogens is 256 g/mol. The second-order valence-electron chi connectivity index (χ2n) is 3.56. The van der Waals surface area contributed by atoms with Gasteiger partial charge in [0.25, 0.3) is 0 Å². The van der Waals surface area contributed by atoms with E-state index in [1.54, 1.807) is 11.6 Å². The number of aryl methyl sites for hydroxylation is 1. The third-order valence-corrected chi connectivity index (χ3v) is 2.06. The van der Waals surface area contributed by atoms with Crippen LogP contribution in [0.15, 0.2) is 6.33 Å². The number of carbonyl (C=O) groups excluding carboxylic acids is 2. The smallest absolute Gasteiger partial charge is 0.322 e. The molecule has 4 N–H and O–H groups in total. The molecule has 10 heteroatoms. The molecule has 0 saturated carbocycles. The van der Waals surface area contributed by atoms with Gasteiger partial charge in [-0.3, -0.25) is 9.59 Å². The number of urea groups is 1. The van der Waals surface area contributed by atoms with Crippen LogP contribution in [0.4, 0.5) is 4.79 Å². The van der Waals surface area contributed by atoms with Gasteiger partial charge in [0.2, 0.25) is 5.91 Å². The zero-order chi connectivity index (χ0) is 14.3. The maximum Gasteiger partial charge on any atom is 0.322 e. The topological polar surface area (TPSA) is 138 Å². The van der Waals surface area contributed by atoms with E-state index >= 15 is 0 Å². The second kappa shape index (κ2) is 6.93. The zero-order valence-electron chi connectivity index (χ0n) is 10.2. The van der Waals surface area contributed by atoms with Gasteiger partial charge in [0.1, 0.15) is 12.9 Å². The Morgan fingerprint density at radius 2 is 2.00 bits per heavy atom. The third-order valence-electron chi connectivity index (χ3n) is 2.06. The molecule has 0 spiro atoms. The Bertz CT molecular complexity index is 471. The fraction of sp³-hybridized carbons (Fsp3) is 0.444. The largest absolute Gasteiger partial charge is 0.480 e. The van der Waals surface area contributed by atoms with Crippen molar-refractivity contribution in [2.45, 2.75) is 6.54 Å². The normalized spacial score (nSPS) is 9.74. The Kier molecular flexibility index (Phi) is 5.26. The summed E-state index contributed by atoms with van der Waals surface area (Å²) >= 11 is 0. The lowest BCUT2D eigenvalue weighted by Gasteiger charge is -2.07. The summed E-state index contributed by atoms with van der Waals surface area (Å²) in [5, 5.41) is 22.6. The summed E-state index contributed by atoms with van der Waals surface area (Å²) < 4.78 is 1.64. The van der Waals surface area contributed by atoms with Gasteiger partial charge in [0.15, 0.2) is 5.82 Å². The number of carboxylic acids is 1. The number of nitrogens with one attached hydrogen (secondary N) is 3. The van der Waals surface area contributed by atoms with Crippen LogP contribution in [-0.4, -0.2) is 50.9 Å². The highest BCUT2D eigenvalue weighted by molar-refractivity contribution is 5.86. The van der Waals surface area contributed by atoms with Crippen molar-refractivity contribution in [1.29, 1.82) is 0 Å². The maximum absolute atomic E-state index is 11.3. The number of hydrogen-bond donors (Lipinski definition) is 4. The van der Waals surface area contributed by atoms with Crippen LogP contribution in [0.5, 0.6) is 0 Å². The molecule has 1 aromatic heterocycles. The van der Waals surface area contributed by atoms with Gasteiger partial charge in [-0.05, 0) is 0 Å². The van der Waals surface area contributed by atoms with Crippen molar-refractivity contribution in [1.82, 2.24) is 30.7 Å². The van der Waals surface area contributed by atoms with Crippen molar-refractivity contribution in [2.75, 3.05) is 13.1 Å². The van der Waals surface area contributed by atoms with Crippen LogP contribution in [-0.2, 0) is 23.2 Å². The first kappa shape index (κ1) is 14.4. The average Bonchev–Trinajstić information content (AvgIpc) is 2.77. The van der Waals surface area contributed by atoms with E-state index in [4.69, 9.17) is 5.11 Å². The van der Waals surface area contributed by atoms with E-state index in [1.165, 1.54) is 6.33 Å². The first-order valence-corrected chi connectivity index (χ1v) is 5.32.